The van der Waals surface area contributed by atoms with E-state index in [1.807, 2.05) is 24.3 Å². The fourth-order valence-electron chi connectivity index (χ4n) is 2.74. The van der Waals surface area contributed by atoms with Gasteiger partial charge in [0.2, 0.25) is 0 Å². The van der Waals surface area contributed by atoms with E-state index in [9.17, 15) is 4.79 Å². The molecular formula is C16H19BrN4O. The third kappa shape index (κ3) is 3.39. The molecule has 1 saturated heterocycles. The molecule has 2 heterocycles. The molecule has 6 heteroatoms. The van der Waals surface area contributed by atoms with Crippen LogP contribution in [0.15, 0.2) is 41.1 Å². The number of para-hydroxylation sites is 1. The summed E-state index contributed by atoms with van der Waals surface area (Å²) < 4.78 is 2.65. The van der Waals surface area contributed by atoms with Crippen LogP contribution in [0.3, 0.4) is 0 Å². The van der Waals surface area contributed by atoms with Gasteiger partial charge in [0.05, 0.1) is 17.4 Å². The lowest BCUT2D eigenvalue weighted by molar-refractivity contribution is 0.0948. The van der Waals surface area contributed by atoms with E-state index in [-0.39, 0.29) is 5.91 Å². The van der Waals surface area contributed by atoms with Gasteiger partial charge in [0.1, 0.15) is 0 Å². The number of halogens is 1. The predicted octanol–water partition coefficient (Wildman–Crippen LogP) is 2.36. The Kier molecular flexibility index (Phi) is 4.59. The minimum Gasteiger partial charge on any atom is -0.352 e. The van der Waals surface area contributed by atoms with Crippen LogP contribution in [0.1, 0.15) is 23.7 Å². The molecular weight excluding hydrogens is 344 g/mol. The molecule has 5 nitrogen and oxygen atoms in total. The Morgan fingerprint density at radius 3 is 3.05 bits per heavy atom. The van der Waals surface area contributed by atoms with Crippen LogP contribution in [0.4, 0.5) is 0 Å². The van der Waals surface area contributed by atoms with Crippen molar-refractivity contribution in [3.63, 3.8) is 0 Å². The Labute approximate surface area is 138 Å². The zero-order valence-corrected chi connectivity index (χ0v) is 14.0. The van der Waals surface area contributed by atoms with E-state index < -0.39 is 0 Å². The van der Waals surface area contributed by atoms with Crippen molar-refractivity contribution in [3.8, 4) is 5.69 Å². The van der Waals surface area contributed by atoms with Gasteiger partial charge >= 0.3 is 0 Å². The smallest absolute Gasteiger partial charge is 0.254 e. The van der Waals surface area contributed by atoms with E-state index in [0.717, 1.165) is 23.1 Å². The summed E-state index contributed by atoms with van der Waals surface area (Å²) in [4.78, 5) is 12.2. The number of carbonyl (C=O) groups is 1. The molecule has 1 fully saturated rings. The number of rotatable bonds is 4. The average Bonchev–Trinajstić information content (AvgIpc) is 3.14. The van der Waals surface area contributed by atoms with E-state index >= 15 is 0 Å². The highest BCUT2D eigenvalue weighted by atomic mass is 79.9. The number of nitrogens with zero attached hydrogens (tertiary/aromatic N) is 2. The van der Waals surface area contributed by atoms with Crippen molar-refractivity contribution in [2.75, 3.05) is 13.1 Å². The fourth-order valence-corrected chi connectivity index (χ4v) is 3.20. The number of benzene rings is 1. The monoisotopic (exact) mass is 362 g/mol. The van der Waals surface area contributed by atoms with Crippen molar-refractivity contribution < 1.29 is 4.79 Å². The predicted molar refractivity (Wildman–Crippen MR) is 89.2 cm³/mol. The summed E-state index contributed by atoms with van der Waals surface area (Å²) in [5.74, 6) is 0.440. The van der Waals surface area contributed by atoms with Gasteiger partial charge in [-0.05, 0) is 53.9 Å². The lowest BCUT2D eigenvalue weighted by Crippen LogP contribution is -2.30. The average molecular weight is 363 g/mol. The number of nitrogens with one attached hydrogen (secondary N) is 2. The third-order valence-corrected chi connectivity index (χ3v) is 4.61. The topological polar surface area (TPSA) is 59.0 Å². The number of amides is 1. The zero-order chi connectivity index (χ0) is 15.5. The standard InChI is InChI=1S/C16H19BrN4O/c1-11-6-12(7-18-11)8-19-16(22)13-9-20-21(10-13)15-5-3-2-4-14(15)17/h2-5,9-12,18H,6-8H2,1H3,(H,19,22). The van der Waals surface area contributed by atoms with Crippen LogP contribution in [0.2, 0.25) is 0 Å². The Balaban J connectivity index is 1.63. The van der Waals surface area contributed by atoms with Crippen molar-refractivity contribution in [2.24, 2.45) is 5.92 Å². The van der Waals surface area contributed by atoms with Gasteiger partial charge in [-0.25, -0.2) is 4.68 Å². The molecule has 2 atom stereocenters. The van der Waals surface area contributed by atoms with Crippen molar-refractivity contribution in [2.45, 2.75) is 19.4 Å². The van der Waals surface area contributed by atoms with Crippen LogP contribution in [-0.4, -0.2) is 34.8 Å². The summed E-state index contributed by atoms with van der Waals surface area (Å²) in [7, 11) is 0. The van der Waals surface area contributed by atoms with Crippen LogP contribution < -0.4 is 10.6 Å². The summed E-state index contributed by atoms with van der Waals surface area (Å²) in [6.45, 7) is 3.84. The maximum atomic E-state index is 12.2. The van der Waals surface area contributed by atoms with E-state index in [1.165, 1.54) is 0 Å². The highest BCUT2D eigenvalue weighted by Crippen LogP contribution is 2.20. The van der Waals surface area contributed by atoms with Gasteiger partial charge in [0, 0.05) is 23.3 Å². The minimum absolute atomic E-state index is 0.0714. The van der Waals surface area contributed by atoms with E-state index in [4.69, 9.17) is 0 Å². The molecule has 2 unspecified atom stereocenters. The highest BCUT2D eigenvalue weighted by molar-refractivity contribution is 9.10. The lowest BCUT2D eigenvalue weighted by Gasteiger charge is -2.09. The van der Waals surface area contributed by atoms with Crippen molar-refractivity contribution in [1.29, 1.82) is 0 Å². The molecule has 1 aliphatic rings. The highest BCUT2D eigenvalue weighted by Gasteiger charge is 2.21. The maximum absolute atomic E-state index is 12.2. The molecule has 22 heavy (non-hydrogen) atoms. The van der Waals surface area contributed by atoms with Crippen LogP contribution in [0.5, 0.6) is 0 Å². The van der Waals surface area contributed by atoms with Gasteiger partial charge in [0.15, 0.2) is 0 Å². The molecule has 0 aliphatic carbocycles. The molecule has 2 aromatic rings. The molecule has 116 valence electrons. The number of hydrogen-bond donors (Lipinski definition) is 2. The Bertz CT molecular complexity index is 670. The van der Waals surface area contributed by atoms with Crippen LogP contribution in [-0.2, 0) is 0 Å². The second-order valence-electron chi connectivity index (χ2n) is 5.75. The molecule has 1 aliphatic heterocycles. The molecule has 1 amide bonds. The second kappa shape index (κ2) is 6.62. The minimum atomic E-state index is -0.0714. The van der Waals surface area contributed by atoms with Gasteiger partial charge in [-0.3, -0.25) is 4.79 Å². The molecule has 0 spiro atoms. The first-order valence-electron chi connectivity index (χ1n) is 7.44. The molecule has 0 radical (unpaired) electrons. The Morgan fingerprint density at radius 1 is 1.50 bits per heavy atom. The molecule has 1 aromatic carbocycles. The van der Waals surface area contributed by atoms with Crippen LogP contribution in [0, 0.1) is 5.92 Å². The molecule has 0 bridgehead atoms. The quantitative estimate of drug-likeness (QED) is 0.877. The van der Waals surface area contributed by atoms with Crippen LogP contribution >= 0.6 is 15.9 Å². The maximum Gasteiger partial charge on any atom is 0.254 e. The number of aromatic nitrogens is 2. The first-order valence-corrected chi connectivity index (χ1v) is 8.24. The summed E-state index contributed by atoms with van der Waals surface area (Å²) in [5, 5.41) is 10.7. The molecule has 0 saturated carbocycles. The zero-order valence-electron chi connectivity index (χ0n) is 12.4. The summed E-state index contributed by atoms with van der Waals surface area (Å²) in [6.07, 6.45) is 4.46. The lowest BCUT2D eigenvalue weighted by atomic mass is 10.1. The molecule has 3 rings (SSSR count). The Hall–Kier alpha value is -1.66. The summed E-state index contributed by atoms with van der Waals surface area (Å²) in [5.41, 5.74) is 1.49. The van der Waals surface area contributed by atoms with E-state index in [1.54, 1.807) is 17.1 Å². The van der Waals surface area contributed by atoms with Gasteiger partial charge in [0.25, 0.3) is 5.91 Å². The number of carbonyl (C=O) groups excluding carboxylic acids is 1. The third-order valence-electron chi connectivity index (χ3n) is 3.94. The fraction of sp³-hybridized carbons (Fsp3) is 0.375. The van der Waals surface area contributed by atoms with Gasteiger partial charge < -0.3 is 10.6 Å². The summed E-state index contributed by atoms with van der Waals surface area (Å²) in [6, 6.07) is 8.33. The summed E-state index contributed by atoms with van der Waals surface area (Å²) >= 11 is 3.49. The molecule has 1 aromatic heterocycles. The normalized spacial score (nSPS) is 21.0. The SMILES string of the molecule is CC1CC(CNC(=O)c2cnn(-c3ccccc3Br)c2)CN1. The second-order valence-corrected chi connectivity index (χ2v) is 6.60. The van der Waals surface area contributed by atoms with Crippen molar-refractivity contribution in [1.82, 2.24) is 20.4 Å². The van der Waals surface area contributed by atoms with Crippen molar-refractivity contribution >= 4 is 21.8 Å². The van der Waals surface area contributed by atoms with Crippen LogP contribution in [0.25, 0.3) is 5.69 Å². The Morgan fingerprint density at radius 2 is 2.32 bits per heavy atom. The van der Waals surface area contributed by atoms with E-state index in [2.05, 4.69) is 38.6 Å². The van der Waals surface area contributed by atoms with Gasteiger partial charge in [-0.15, -0.1) is 0 Å². The molecule has 2 N–H and O–H groups in total. The number of hydrogen-bond acceptors (Lipinski definition) is 3. The van der Waals surface area contributed by atoms with Crippen molar-refractivity contribution in [3.05, 3.63) is 46.7 Å². The van der Waals surface area contributed by atoms with Gasteiger partial charge in [-0.2, -0.15) is 5.10 Å². The van der Waals surface area contributed by atoms with E-state index in [0.29, 0.717) is 24.1 Å². The van der Waals surface area contributed by atoms with Gasteiger partial charge in [-0.1, -0.05) is 12.1 Å². The largest absolute Gasteiger partial charge is 0.352 e. The first-order chi connectivity index (χ1) is 10.6. The first kappa shape index (κ1) is 15.2.